The van der Waals surface area contributed by atoms with Crippen molar-refractivity contribution < 1.29 is 4.74 Å². The molecule has 5 heteroatoms. The minimum absolute atomic E-state index is 0. The van der Waals surface area contributed by atoms with Crippen LogP contribution in [0.25, 0.3) is 0 Å². The van der Waals surface area contributed by atoms with Gasteiger partial charge in [-0.25, -0.2) is 0 Å². The van der Waals surface area contributed by atoms with Gasteiger partial charge in [-0.1, -0.05) is 33.6 Å². The van der Waals surface area contributed by atoms with Crippen LogP contribution in [0.3, 0.4) is 0 Å². The highest BCUT2D eigenvalue weighted by atomic mass is 35.5. The molecule has 2 saturated heterocycles. The van der Waals surface area contributed by atoms with Crippen LogP contribution in [-0.4, -0.2) is 62.9 Å². The second-order valence-electron chi connectivity index (χ2n) is 11.2. The number of piperazine rings is 1. The van der Waals surface area contributed by atoms with E-state index in [1.165, 1.54) is 89.0 Å². The second-order valence-corrected chi connectivity index (χ2v) is 11.2. The van der Waals surface area contributed by atoms with Crippen LogP contribution in [0.1, 0.15) is 91.0 Å². The fourth-order valence-corrected chi connectivity index (χ4v) is 6.77. The lowest BCUT2D eigenvalue weighted by Gasteiger charge is -2.42. The fraction of sp³-hybridized carbons (Fsp3) is 0.793. The molecule has 2 heterocycles. The van der Waals surface area contributed by atoms with Gasteiger partial charge in [0.05, 0.1) is 12.2 Å². The summed E-state index contributed by atoms with van der Waals surface area (Å²) in [5.74, 6) is 0.704. The Morgan fingerprint density at radius 2 is 1.50 bits per heavy atom. The van der Waals surface area contributed by atoms with E-state index < -0.39 is 0 Å². The molecular weight excluding hydrogens is 442 g/mol. The van der Waals surface area contributed by atoms with E-state index >= 15 is 0 Å². The van der Waals surface area contributed by atoms with Crippen LogP contribution in [0.5, 0.6) is 0 Å². The molecule has 1 saturated carbocycles. The first-order valence-electron chi connectivity index (χ1n) is 14.0. The van der Waals surface area contributed by atoms with Gasteiger partial charge in [-0.3, -0.25) is 4.90 Å². The lowest BCUT2D eigenvalue weighted by molar-refractivity contribution is -0.00522. The average molecular weight is 492 g/mol. The van der Waals surface area contributed by atoms with Crippen molar-refractivity contribution in [2.75, 3.05) is 55.6 Å². The number of ether oxygens (including phenoxy) is 1. The van der Waals surface area contributed by atoms with E-state index in [0.29, 0.717) is 23.5 Å². The molecule has 3 aliphatic rings. The summed E-state index contributed by atoms with van der Waals surface area (Å²) in [7, 11) is 0. The van der Waals surface area contributed by atoms with Crippen LogP contribution in [0, 0.1) is 5.41 Å². The van der Waals surface area contributed by atoms with E-state index in [2.05, 4.69) is 67.5 Å². The van der Waals surface area contributed by atoms with Crippen molar-refractivity contribution in [3.63, 3.8) is 0 Å². The molecule has 0 spiro atoms. The van der Waals surface area contributed by atoms with Crippen LogP contribution in [-0.2, 0) is 4.74 Å². The maximum absolute atomic E-state index is 6.03. The number of nitrogens with zero attached hydrogens (tertiary/aromatic N) is 3. The van der Waals surface area contributed by atoms with E-state index in [4.69, 9.17) is 4.74 Å². The zero-order valence-electron chi connectivity index (χ0n) is 22.5. The van der Waals surface area contributed by atoms with Gasteiger partial charge in [0.2, 0.25) is 0 Å². The highest BCUT2D eigenvalue weighted by Gasteiger charge is 2.34. The zero-order chi connectivity index (χ0) is 23.4. The minimum Gasteiger partial charge on any atom is -0.372 e. The Morgan fingerprint density at radius 3 is 2.06 bits per heavy atom. The summed E-state index contributed by atoms with van der Waals surface area (Å²) in [6.45, 7) is 19.5. The SMILES string of the molecule is CCCN1CCN(c2ccc(N3C[C@@H](C)O[C@@H](C)C3)cc2C2CCC(CC)(CC)CC2)CC1.Cl. The number of halogens is 1. The predicted molar refractivity (Wildman–Crippen MR) is 149 cm³/mol. The van der Waals surface area contributed by atoms with Crippen molar-refractivity contribution >= 4 is 23.8 Å². The summed E-state index contributed by atoms with van der Waals surface area (Å²) < 4.78 is 6.03. The number of hydrogen-bond acceptors (Lipinski definition) is 4. The highest BCUT2D eigenvalue weighted by molar-refractivity contribution is 5.85. The van der Waals surface area contributed by atoms with Gasteiger partial charge < -0.3 is 14.5 Å². The van der Waals surface area contributed by atoms with Crippen molar-refractivity contribution in [3.8, 4) is 0 Å². The highest BCUT2D eigenvalue weighted by Crippen LogP contribution is 2.49. The standard InChI is InChI=1S/C29H49N3O.ClH/c1-6-15-30-16-18-31(19-17-30)28-10-9-26(32-21-23(4)33-24(5)22-32)20-27(28)25-11-13-29(7-2,8-3)14-12-25;/h9-10,20,23-25H,6-8,11-19,21-22H2,1-5H3;1H/t23-,24+;. The first-order chi connectivity index (χ1) is 16.0. The topological polar surface area (TPSA) is 19.0 Å². The molecule has 3 fully saturated rings. The molecule has 0 radical (unpaired) electrons. The normalized spacial score (nSPS) is 26.4. The molecule has 0 N–H and O–H groups in total. The summed E-state index contributed by atoms with van der Waals surface area (Å²) in [4.78, 5) is 7.90. The number of benzene rings is 1. The van der Waals surface area contributed by atoms with Crippen molar-refractivity contribution in [3.05, 3.63) is 23.8 Å². The summed E-state index contributed by atoms with van der Waals surface area (Å²) in [5.41, 5.74) is 5.15. The molecule has 1 aromatic carbocycles. The van der Waals surface area contributed by atoms with Gasteiger partial charge in [-0.15, -0.1) is 12.4 Å². The molecule has 1 aliphatic carbocycles. The fourth-order valence-electron chi connectivity index (χ4n) is 6.77. The number of rotatable bonds is 7. The number of anilines is 2. The molecule has 2 aliphatic heterocycles. The van der Waals surface area contributed by atoms with Crippen LogP contribution >= 0.6 is 12.4 Å². The van der Waals surface area contributed by atoms with E-state index in [-0.39, 0.29) is 12.4 Å². The molecule has 194 valence electrons. The number of morpholine rings is 1. The van der Waals surface area contributed by atoms with Crippen LogP contribution in [0.4, 0.5) is 11.4 Å². The summed E-state index contributed by atoms with van der Waals surface area (Å²) >= 11 is 0. The predicted octanol–water partition coefficient (Wildman–Crippen LogP) is 6.72. The molecular formula is C29H50ClN3O. The van der Waals surface area contributed by atoms with Crippen molar-refractivity contribution in [2.45, 2.75) is 97.7 Å². The lowest BCUT2D eigenvalue weighted by atomic mass is 9.66. The van der Waals surface area contributed by atoms with Gasteiger partial charge in [-0.05, 0) is 87.6 Å². The maximum Gasteiger partial charge on any atom is 0.0726 e. The third-order valence-electron chi connectivity index (χ3n) is 9.03. The quantitative estimate of drug-likeness (QED) is 0.421. The smallest absolute Gasteiger partial charge is 0.0726 e. The molecule has 0 bridgehead atoms. The van der Waals surface area contributed by atoms with Gasteiger partial charge in [-0.2, -0.15) is 0 Å². The Hall–Kier alpha value is -0.970. The molecule has 4 rings (SSSR count). The lowest BCUT2D eigenvalue weighted by Crippen LogP contribution is -2.47. The Morgan fingerprint density at radius 1 is 0.882 bits per heavy atom. The molecule has 34 heavy (non-hydrogen) atoms. The molecule has 4 nitrogen and oxygen atoms in total. The van der Waals surface area contributed by atoms with E-state index in [0.717, 1.165) is 13.1 Å². The summed E-state index contributed by atoms with van der Waals surface area (Å²) in [6.07, 6.45) is 10.0. The number of hydrogen-bond donors (Lipinski definition) is 0. The Labute approximate surface area is 215 Å². The van der Waals surface area contributed by atoms with Gasteiger partial charge in [0.15, 0.2) is 0 Å². The Bertz CT molecular complexity index is 740. The van der Waals surface area contributed by atoms with E-state index in [1.807, 2.05) is 0 Å². The molecule has 0 unspecified atom stereocenters. The van der Waals surface area contributed by atoms with Crippen molar-refractivity contribution in [2.24, 2.45) is 5.41 Å². The first kappa shape index (κ1) is 27.6. The van der Waals surface area contributed by atoms with Gasteiger partial charge in [0, 0.05) is 50.6 Å². The zero-order valence-corrected chi connectivity index (χ0v) is 23.3. The van der Waals surface area contributed by atoms with Gasteiger partial charge in [0.1, 0.15) is 0 Å². The third kappa shape index (κ3) is 6.23. The first-order valence-corrected chi connectivity index (χ1v) is 14.0. The van der Waals surface area contributed by atoms with E-state index in [1.54, 1.807) is 5.56 Å². The Balaban J connectivity index is 0.00000324. The molecule has 2 atom stereocenters. The van der Waals surface area contributed by atoms with Gasteiger partial charge >= 0.3 is 0 Å². The molecule has 0 aromatic heterocycles. The van der Waals surface area contributed by atoms with Gasteiger partial charge in [0.25, 0.3) is 0 Å². The average Bonchev–Trinajstić information content (AvgIpc) is 2.84. The monoisotopic (exact) mass is 491 g/mol. The van der Waals surface area contributed by atoms with E-state index in [9.17, 15) is 0 Å². The van der Waals surface area contributed by atoms with Crippen molar-refractivity contribution in [1.82, 2.24) is 4.90 Å². The Kier molecular flexibility index (Phi) is 10.0. The minimum atomic E-state index is 0. The molecule has 1 aromatic rings. The van der Waals surface area contributed by atoms with Crippen LogP contribution in [0.2, 0.25) is 0 Å². The summed E-state index contributed by atoms with van der Waals surface area (Å²) in [6, 6.07) is 7.44. The molecule has 0 amide bonds. The maximum atomic E-state index is 6.03. The van der Waals surface area contributed by atoms with Crippen LogP contribution < -0.4 is 9.80 Å². The largest absolute Gasteiger partial charge is 0.372 e. The summed E-state index contributed by atoms with van der Waals surface area (Å²) in [5, 5.41) is 0. The third-order valence-corrected chi connectivity index (χ3v) is 9.03. The second kappa shape index (κ2) is 12.3. The van der Waals surface area contributed by atoms with Crippen molar-refractivity contribution in [1.29, 1.82) is 0 Å². The van der Waals surface area contributed by atoms with Crippen LogP contribution in [0.15, 0.2) is 18.2 Å².